The number of carbonyl (C=O) groups excluding carboxylic acids is 1. The molecule has 8 nitrogen and oxygen atoms in total. The van der Waals surface area contributed by atoms with Crippen LogP contribution in [0.5, 0.6) is 5.75 Å². The molecule has 0 bridgehead atoms. The number of nitro groups is 1. The standard InChI is InChI=1S/C10H11FN2O6/c11-5-2-7(14)6(13(18)19)1-4(5)10(17)8(15)3-9(12)16/h1-2,8,10,14-15,17H,3H2,(H2,12,16). The number of aromatic hydroxyl groups is 1. The summed E-state index contributed by atoms with van der Waals surface area (Å²) >= 11 is 0. The smallest absolute Gasteiger partial charge is 0.311 e. The zero-order chi connectivity index (χ0) is 14.7. The molecule has 104 valence electrons. The van der Waals surface area contributed by atoms with Gasteiger partial charge in [0.1, 0.15) is 11.9 Å². The molecule has 1 aromatic carbocycles. The molecule has 5 N–H and O–H groups in total. The van der Waals surface area contributed by atoms with Gasteiger partial charge in [0.05, 0.1) is 17.4 Å². The van der Waals surface area contributed by atoms with E-state index in [0.29, 0.717) is 12.1 Å². The van der Waals surface area contributed by atoms with Crippen LogP contribution in [0, 0.1) is 15.9 Å². The molecule has 9 heteroatoms. The summed E-state index contributed by atoms with van der Waals surface area (Å²) in [4.78, 5) is 20.1. The third-order valence-electron chi connectivity index (χ3n) is 2.38. The van der Waals surface area contributed by atoms with Crippen molar-refractivity contribution >= 4 is 11.6 Å². The van der Waals surface area contributed by atoms with E-state index in [1.807, 2.05) is 0 Å². The maximum atomic E-state index is 13.5. The summed E-state index contributed by atoms with van der Waals surface area (Å²) in [7, 11) is 0. The number of hydrogen-bond acceptors (Lipinski definition) is 6. The number of rotatable bonds is 5. The Kier molecular flexibility index (Phi) is 4.35. The van der Waals surface area contributed by atoms with Crippen LogP contribution in [0.2, 0.25) is 0 Å². The van der Waals surface area contributed by atoms with Gasteiger partial charge in [-0.05, 0) is 0 Å². The van der Waals surface area contributed by atoms with Crippen LogP contribution in [0.25, 0.3) is 0 Å². The van der Waals surface area contributed by atoms with Crippen molar-refractivity contribution in [2.75, 3.05) is 0 Å². The average Bonchev–Trinajstić information content (AvgIpc) is 2.26. The van der Waals surface area contributed by atoms with Gasteiger partial charge in [-0.1, -0.05) is 0 Å². The summed E-state index contributed by atoms with van der Waals surface area (Å²) in [5.41, 5.74) is 3.35. The zero-order valence-electron chi connectivity index (χ0n) is 9.49. The Morgan fingerprint density at radius 1 is 1.47 bits per heavy atom. The van der Waals surface area contributed by atoms with E-state index in [1.165, 1.54) is 0 Å². The number of hydrogen-bond donors (Lipinski definition) is 4. The maximum absolute atomic E-state index is 13.5. The first kappa shape index (κ1) is 14.8. The van der Waals surface area contributed by atoms with Crippen LogP contribution in [0.4, 0.5) is 10.1 Å². The summed E-state index contributed by atoms with van der Waals surface area (Å²) in [5.74, 6) is -3.00. The molecule has 2 unspecified atom stereocenters. The van der Waals surface area contributed by atoms with Crippen molar-refractivity contribution in [3.8, 4) is 5.75 Å². The Morgan fingerprint density at radius 2 is 2.05 bits per heavy atom. The predicted molar refractivity (Wildman–Crippen MR) is 59.5 cm³/mol. The normalized spacial score (nSPS) is 13.8. The second-order valence-electron chi connectivity index (χ2n) is 3.80. The lowest BCUT2D eigenvalue weighted by Crippen LogP contribution is -2.26. The van der Waals surface area contributed by atoms with Crippen LogP contribution in [-0.2, 0) is 4.79 Å². The molecule has 0 aliphatic rings. The minimum atomic E-state index is -1.88. The molecule has 1 aromatic rings. The predicted octanol–water partition coefficient (Wildman–Crippen LogP) is -0.291. The highest BCUT2D eigenvalue weighted by Crippen LogP contribution is 2.32. The average molecular weight is 274 g/mol. The highest BCUT2D eigenvalue weighted by Gasteiger charge is 2.27. The second-order valence-corrected chi connectivity index (χ2v) is 3.80. The number of phenolic OH excluding ortho intramolecular Hbond substituents is 1. The summed E-state index contributed by atoms with van der Waals surface area (Å²) < 4.78 is 13.5. The van der Waals surface area contributed by atoms with E-state index >= 15 is 0 Å². The molecular formula is C10H11FN2O6. The van der Waals surface area contributed by atoms with E-state index in [1.54, 1.807) is 0 Å². The molecule has 0 saturated carbocycles. The van der Waals surface area contributed by atoms with Gasteiger partial charge >= 0.3 is 5.69 Å². The number of primary amides is 1. The Hall–Kier alpha value is -2.26. The van der Waals surface area contributed by atoms with E-state index in [0.717, 1.165) is 0 Å². The molecule has 0 spiro atoms. The van der Waals surface area contributed by atoms with Gasteiger partial charge in [-0.15, -0.1) is 0 Å². The van der Waals surface area contributed by atoms with Crippen molar-refractivity contribution < 1.29 is 29.4 Å². The monoisotopic (exact) mass is 274 g/mol. The largest absolute Gasteiger partial charge is 0.502 e. The molecule has 2 atom stereocenters. The minimum Gasteiger partial charge on any atom is -0.502 e. The highest BCUT2D eigenvalue weighted by atomic mass is 19.1. The van der Waals surface area contributed by atoms with Crippen molar-refractivity contribution in [3.63, 3.8) is 0 Å². The SMILES string of the molecule is NC(=O)CC(O)C(O)c1cc([N+](=O)[O-])c(O)cc1F. The lowest BCUT2D eigenvalue weighted by Gasteiger charge is -2.17. The van der Waals surface area contributed by atoms with Gasteiger partial charge in [0, 0.05) is 17.7 Å². The lowest BCUT2D eigenvalue weighted by atomic mass is 10.0. The minimum absolute atomic E-state index is 0.438. The molecule has 0 aliphatic carbocycles. The summed E-state index contributed by atoms with van der Waals surface area (Å²) in [6.45, 7) is 0. The number of carbonyl (C=O) groups is 1. The Balaban J connectivity index is 3.15. The Morgan fingerprint density at radius 3 is 2.53 bits per heavy atom. The number of halogens is 1. The van der Waals surface area contributed by atoms with Crippen LogP contribution >= 0.6 is 0 Å². The number of phenols is 1. The number of nitrogens with zero attached hydrogens (tertiary/aromatic N) is 1. The fourth-order valence-corrected chi connectivity index (χ4v) is 1.47. The van der Waals surface area contributed by atoms with Crippen LogP contribution in [0.3, 0.4) is 0 Å². The molecule has 0 heterocycles. The van der Waals surface area contributed by atoms with Gasteiger partial charge < -0.3 is 21.1 Å². The number of nitro benzene ring substituents is 1. The summed E-state index contributed by atoms with van der Waals surface area (Å²) in [6.07, 6.45) is -4.24. The number of nitrogens with two attached hydrogens (primary N) is 1. The quantitative estimate of drug-likeness (QED) is 0.428. The van der Waals surface area contributed by atoms with Gasteiger partial charge in [-0.3, -0.25) is 14.9 Å². The molecule has 19 heavy (non-hydrogen) atoms. The zero-order valence-corrected chi connectivity index (χ0v) is 9.49. The molecule has 1 rings (SSSR count). The maximum Gasteiger partial charge on any atom is 0.311 e. The van der Waals surface area contributed by atoms with Crippen molar-refractivity contribution in [2.45, 2.75) is 18.6 Å². The van der Waals surface area contributed by atoms with Crippen LogP contribution in [0.15, 0.2) is 12.1 Å². The lowest BCUT2D eigenvalue weighted by molar-refractivity contribution is -0.386. The fourth-order valence-electron chi connectivity index (χ4n) is 1.47. The highest BCUT2D eigenvalue weighted by molar-refractivity contribution is 5.74. The summed E-state index contributed by atoms with van der Waals surface area (Å²) in [6, 6.07) is 1.02. The van der Waals surface area contributed by atoms with Crippen molar-refractivity contribution in [3.05, 3.63) is 33.6 Å². The topological polar surface area (TPSA) is 147 Å². The van der Waals surface area contributed by atoms with E-state index in [2.05, 4.69) is 0 Å². The van der Waals surface area contributed by atoms with Crippen molar-refractivity contribution in [2.24, 2.45) is 5.73 Å². The molecule has 0 aliphatic heterocycles. The first-order valence-electron chi connectivity index (χ1n) is 5.05. The first-order chi connectivity index (χ1) is 8.73. The van der Waals surface area contributed by atoms with E-state index in [-0.39, 0.29) is 0 Å². The van der Waals surface area contributed by atoms with E-state index < -0.39 is 52.3 Å². The molecule has 0 radical (unpaired) electrons. The Bertz CT molecular complexity index is 521. The van der Waals surface area contributed by atoms with Gasteiger partial charge in [-0.2, -0.15) is 0 Å². The van der Waals surface area contributed by atoms with E-state index in [9.17, 15) is 29.5 Å². The fraction of sp³-hybridized carbons (Fsp3) is 0.300. The number of amides is 1. The third kappa shape index (κ3) is 3.36. The molecular weight excluding hydrogens is 263 g/mol. The van der Waals surface area contributed by atoms with Crippen LogP contribution in [-0.4, -0.2) is 32.3 Å². The van der Waals surface area contributed by atoms with Crippen molar-refractivity contribution in [1.29, 1.82) is 0 Å². The van der Waals surface area contributed by atoms with Gasteiger partial charge in [0.2, 0.25) is 5.91 Å². The first-order valence-corrected chi connectivity index (χ1v) is 5.05. The summed E-state index contributed by atoms with van der Waals surface area (Å²) in [5, 5.41) is 38.7. The van der Waals surface area contributed by atoms with Gasteiger partial charge in [0.15, 0.2) is 5.75 Å². The molecule has 1 amide bonds. The molecule has 0 fully saturated rings. The van der Waals surface area contributed by atoms with Crippen molar-refractivity contribution in [1.82, 2.24) is 0 Å². The Labute approximate surface area is 106 Å². The van der Waals surface area contributed by atoms with E-state index in [4.69, 9.17) is 10.8 Å². The van der Waals surface area contributed by atoms with Crippen LogP contribution in [0.1, 0.15) is 18.1 Å². The second kappa shape index (κ2) is 5.59. The van der Waals surface area contributed by atoms with Gasteiger partial charge in [0.25, 0.3) is 0 Å². The van der Waals surface area contributed by atoms with Crippen LogP contribution < -0.4 is 5.73 Å². The van der Waals surface area contributed by atoms with Gasteiger partial charge in [-0.25, -0.2) is 4.39 Å². The number of benzene rings is 1. The molecule has 0 saturated heterocycles. The number of aliphatic hydroxyl groups excluding tert-OH is 2. The third-order valence-corrected chi connectivity index (χ3v) is 2.38. The number of aliphatic hydroxyl groups is 2. The molecule has 0 aromatic heterocycles.